The first-order valence-corrected chi connectivity index (χ1v) is 9.72. The van der Waals surface area contributed by atoms with Crippen LogP contribution in [0.2, 0.25) is 0 Å². The van der Waals surface area contributed by atoms with E-state index in [-0.39, 0.29) is 19.5 Å². The number of alkyl halides is 3. The zero-order chi connectivity index (χ0) is 19.4. The molecular formula is C17H27F3N2O2RuS. The molecule has 1 fully saturated rings. The van der Waals surface area contributed by atoms with Crippen molar-refractivity contribution in [2.45, 2.75) is 71.0 Å². The maximum Gasteiger partial charge on any atom is 0.511 e. The normalized spacial score (nSPS) is 20.6. The minimum Gasteiger partial charge on any atom is -0.326 e. The van der Waals surface area contributed by atoms with Crippen LogP contribution in [0.4, 0.5) is 13.2 Å². The summed E-state index contributed by atoms with van der Waals surface area (Å²) in [5, 5.41) is 0. The van der Waals surface area contributed by atoms with E-state index in [9.17, 15) is 21.6 Å². The third-order valence-corrected chi connectivity index (χ3v) is 5.98. The molecule has 2 atom stereocenters. The molecule has 1 aromatic rings. The summed E-state index contributed by atoms with van der Waals surface area (Å²) in [4.78, 5) is 0. The summed E-state index contributed by atoms with van der Waals surface area (Å²) in [6.07, 6.45) is 2.42. The number of hydrogen-bond donors (Lipinski definition) is 2. The number of hydrogen-bond acceptors (Lipinski definition) is 3. The molecule has 0 amide bonds. The molecule has 2 rings (SSSR count). The van der Waals surface area contributed by atoms with Gasteiger partial charge < -0.3 is 5.73 Å². The molecule has 1 aliphatic rings. The number of nitrogens with one attached hydrogen (secondary N) is 1. The van der Waals surface area contributed by atoms with Crippen molar-refractivity contribution < 1.29 is 41.1 Å². The van der Waals surface area contributed by atoms with Gasteiger partial charge >= 0.3 is 15.5 Å². The van der Waals surface area contributed by atoms with E-state index in [0.29, 0.717) is 19.3 Å². The molecular weight excluding hydrogens is 454 g/mol. The van der Waals surface area contributed by atoms with E-state index in [1.807, 2.05) is 0 Å². The molecule has 0 unspecified atom stereocenters. The van der Waals surface area contributed by atoms with Crippen LogP contribution in [0.1, 0.15) is 47.9 Å². The zero-order valence-corrected chi connectivity index (χ0v) is 18.0. The number of rotatable bonds is 2. The topological polar surface area (TPSA) is 72.2 Å². The summed E-state index contributed by atoms with van der Waals surface area (Å²) in [5.41, 5.74) is 5.92. The van der Waals surface area contributed by atoms with Crippen LogP contribution in [-0.4, -0.2) is 26.0 Å². The van der Waals surface area contributed by atoms with E-state index in [0.717, 1.165) is 6.42 Å². The van der Waals surface area contributed by atoms with Gasteiger partial charge in [0, 0.05) is 31.6 Å². The fourth-order valence-corrected chi connectivity index (χ4v) is 3.49. The van der Waals surface area contributed by atoms with Gasteiger partial charge in [0.1, 0.15) is 0 Å². The first-order chi connectivity index (χ1) is 11.4. The molecule has 1 saturated carbocycles. The minimum atomic E-state index is -5.26. The van der Waals surface area contributed by atoms with Crippen LogP contribution in [0.25, 0.3) is 0 Å². The average molecular weight is 482 g/mol. The molecule has 0 bridgehead atoms. The maximum atomic E-state index is 12.0. The van der Waals surface area contributed by atoms with Crippen molar-refractivity contribution in [3.8, 4) is 0 Å². The van der Waals surface area contributed by atoms with Gasteiger partial charge in [-0.15, -0.1) is 0 Å². The van der Waals surface area contributed by atoms with Crippen LogP contribution in [-0.2, 0) is 29.5 Å². The monoisotopic (exact) mass is 482 g/mol. The fourth-order valence-electron chi connectivity index (χ4n) is 2.66. The molecule has 0 heterocycles. The predicted octanol–water partition coefficient (Wildman–Crippen LogP) is 3.61. The second-order valence-corrected chi connectivity index (χ2v) is 8.28. The molecule has 1 aliphatic carbocycles. The van der Waals surface area contributed by atoms with Crippen molar-refractivity contribution in [1.82, 2.24) is 4.72 Å². The molecule has 3 N–H and O–H groups in total. The standard InChI is InChI=1S/C10H14.C7H13F3N2O2S.Ru/c1-7-5-6-8(2)10(4)9(7)3;8-7(9,10)15(13,14)12-6-4-2-1-3-5(6)11;/h5-6H,1-4H3;5-6,12H,1-4,11H2;/t;5-,6-;/m.0./s1. The van der Waals surface area contributed by atoms with Gasteiger partial charge in [-0.1, -0.05) is 25.0 Å². The van der Waals surface area contributed by atoms with Crippen LogP contribution in [0.3, 0.4) is 0 Å². The van der Waals surface area contributed by atoms with Crippen LogP contribution < -0.4 is 10.5 Å². The summed E-state index contributed by atoms with van der Waals surface area (Å²) >= 11 is 0. The first-order valence-electron chi connectivity index (χ1n) is 8.24. The largest absolute Gasteiger partial charge is 0.511 e. The van der Waals surface area contributed by atoms with Crippen molar-refractivity contribution in [1.29, 1.82) is 0 Å². The van der Waals surface area contributed by atoms with Gasteiger partial charge in [-0.2, -0.15) is 13.2 Å². The smallest absolute Gasteiger partial charge is 0.326 e. The van der Waals surface area contributed by atoms with Crippen LogP contribution in [0.5, 0.6) is 0 Å². The van der Waals surface area contributed by atoms with Crippen molar-refractivity contribution in [2.24, 2.45) is 5.73 Å². The van der Waals surface area contributed by atoms with Gasteiger partial charge in [0.25, 0.3) is 0 Å². The van der Waals surface area contributed by atoms with Crippen molar-refractivity contribution in [2.75, 3.05) is 0 Å². The van der Waals surface area contributed by atoms with Crippen molar-refractivity contribution >= 4 is 10.0 Å². The van der Waals surface area contributed by atoms with Crippen LogP contribution >= 0.6 is 0 Å². The molecule has 0 aromatic heterocycles. The second kappa shape index (κ2) is 10.2. The van der Waals surface area contributed by atoms with Crippen molar-refractivity contribution in [3.63, 3.8) is 0 Å². The third-order valence-electron chi connectivity index (χ3n) is 4.76. The van der Waals surface area contributed by atoms with Gasteiger partial charge in [0.15, 0.2) is 0 Å². The number of sulfonamides is 1. The number of halogens is 3. The summed E-state index contributed by atoms with van der Waals surface area (Å²) in [7, 11) is -5.26. The SMILES string of the molecule is Cc1ccc(C)c(C)c1C.N[C@H]1CCCC[C@@H]1NS(=O)(=O)C(F)(F)F.[Ru]. The number of aryl methyl sites for hydroxylation is 2. The van der Waals surface area contributed by atoms with E-state index >= 15 is 0 Å². The van der Waals surface area contributed by atoms with Gasteiger partial charge in [-0.3, -0.25) is 0 Å². The summed E-state index contributed by atoms with van der Waals surface area (Å²) < 4.78 is 59.2. The van der Waals surface area contributed by atoms with Crippen LogP contribution in [0.15, 0.2) is 12.1 Å². The molecule has 4 nitrogen and oxygen atoms in total. The fraction of sp³-hybridized carbons (Fsp3) is 0.647. The zero-order valence-electron chi connectivity index (χ0n) is 15.4. The maximum absolute atomic E-state index is 12.0. The van der Waals surface area contributed by atoms with E-state index in [1.54, 1.807) is 4.72 Å². The van der Waals surface area contributed by atoms with E-state index in [2.05, 4.69) is 39.8 Å². The molecule has 0 radical (unpaired) electrons. The van der Waals surface area contributed by atoms with E-state index in [4.69, 9.17) is 5.73 Å². The Morgan fingerprint density at radius 2 is 1.42 bits per heavy atom. The number of nitrogens with two attached hydrogens (primary N) is 1. The minimum absolute atomic E-state index is 0. The quantitative estimate of drug-likeness (QED) is 0.634. The molecule has 0 spiro atoms. The Morgan fingerprint density at radius 3 is 1.81 bits per heavy atom. The van der Waals surface area contributed by atoms with Crippen LogP contribution in [0, 0.1) is 27.7 Å². The third kappa shape index (κ3) is 6.91. The summed E-state index contributed by atoms with van der Waals surface area (Å²) in [6.45, 7) is 8.67. The molecule has 152 valence electrons. The van der Waals surface area contributed by atoms with E-state index < -0.39 is 27.6 Å². The summed E-state index contributed by atoms with van der Waals surface area (Å²) in [5.74, 6) is 0. The van der Waals surface area contributed by atoms with E-state index in [1.165, 1.54) is 22.3 Å². The Morgan fingerprint density at radius 1 is 1.00 bits per heavy atom. The molecule has 9 heteroatoms. The Labute approximate surface area is 166 Å². The summed E-state index contributed by atoms with van der Waals surface area (Å²) in [6, 6.07) is 3.02. The molecule has 0 saturated heterocycles. The first kappa shape index (κ1) is 25.5. The van der Waals surface area contributed by atoms with Gasteiger partial charge in [0.05, 0.1) is 0 Å². The molecule has 0 aliphatic heterocycles. The Balaban J connectivity index is 0.000000497. The second-order valence-electron chi connectivity index (χ2n) is 6.57. The molecule has 26 heavy (non-hydrogen) atoms. The van der Waals surface area contributed by atoms with Gasteiger partial charge in [-0.05, 0) is 62.8 Å². The number of benzene rings is 1. The Hall–Kier alpha value is -0.497. The van der Waals surface area contributed by atoms with Gasteiger partial charge in [0.2, 0.25) is 0 Å². The predicted molar refractivity (Wildman–Crippen MR) is 93.7 cm³/mol. The van der Waals surface area contributed by atoms with Crippen molar-refractivity contribution in [3.05, 3.63) is 34.4 Å². The molecule has 1 aromatic carbocycles. The van der Waals surface area contributed by atoms with Gasteiger partial charge in [-0.25, -0.2) is 13.1 Å². The Kier molecular flexibility index (Phi) is 9.96. The Bertz CT molecular complexity index is 667. The average Bonchev–Trinajstić information content (AvgIpc) is 2.51.